The van der Waals surface area contributed by atoms with E-state index in [1.807, 2.05) is 6.92 Å². The van der Waals surface area contributed by atoms with Crippen molar-refractivity contribution in [3.05, 3.63) is 35.9 Å². The van der Waals surface area contributed by atoms with E-state index in [-0.39, 0.29) is 0 Å². The van der Waals surface area contributed by atoms with E-state index in [2.05, 4.69) is 5.32 Å². The Hall–Kier alpha value is -1.84. The summed E-state index contributed by atoms with van der Waals surface area (Å²) in [5, 5.41) is 11.6. The molecule has 0 bridgehead atoms. The largest absolute Gasteiger partial charge is 0.480 e. The van der Waals surface area contributed by atoms with Crippen LogP contribution in [-0.4, -0.2) is 23.5 Å². The Labute approximate surface area is 94.3 Å². The number of nitrogens with one attached hydrogen (secondary N) is 1. The van der Waals surface area contributed by atoms with E-state index < -0.39 is 17.8 Å². The first kappa shape index (κ1) is 12.2. The first-order valence-electron chi connectivity index (χ1n) is 5.22. The molecule has 1 atom stereocenters. The van der Waals surface area contributed by atoms with Gasteiger partial charge in [0.1, 0.15) is 0 Å². The minimum atomic E-state index is -1.13. The zero-order chi connectivity index (χ0) is 12.0. The van der Waals surface area contributed by atoms with E-state index in [9.17, 15) is 9.59 Å². The molecule has 0 saturated carbocycles. The van der Waals surface area contributed by atoms with Gasteiger partial charge in [-0.15, -0.1) is 0 Å². The highest BCUT2D eigenvalue weighted by molar-refractivity contribution is 6.02. The van der Waals surface area contributed by atoms with Crippen LogP contribution in [0.2, 0.25) is 0 Å². The van der Waals surface area contributed by atoms with Crippen LogP contribution in [0.4, 0.5) is 0 Å². The number of rotatable bonds is 5. The molecule has 1 unspecified atom stereocenters. The lowest BCUT2D eigenvalue weighted by Gasteiger charge is -2.12. The zero-order valence-electron chi connectivity index (χ0n) is 9.14. The fourth-order valence-corrected chi connectivity index (χ4v) is 1.40. The third-order valence-electron chi connectivity index (χ3n) is 2.19. The van der Waals surface area contributed by atoms with Gasteiger partial charge in [0.05, 0.1) is 0 Å². The van der Waals surface area contributed by atoms with Gasteiger partial charge in [-0.3, -0.25) is 9.59 Å². The number of benzene rings is 1. The summed E-state index contributed by atoms with van der Waals surface area (Å²) in [6, 6.07) is 8.51. The van der Waals surface area contributed by atoms with Crippen LogP contribution in [0.25, 0.3) is 0 Å². The van der Waals surface area contributed by atoms with Gasteiger partial charge >= 0.3 is 5.97 Å². The Kier molecular flexibility index (Phi) is 4.51. The van der Waals surface area contributed by atoms with Crippen molar-refractivity contribution in [2.24, 2.45) is 0 Å². The molecule has 0 aromatic heterocycles. The molecule has 1 aromatic rings. The van der Waals surface area contributed by atoms with Crippen LogP contribution in [0.5, 0.6) is 0 Å². The number of carboxylic acids is 1. The van der Waals surface area contributed by atoms with Crippen molar-refractivity contribution in [2.75, 3.05) is 6.54 Å². The number of aliphatic carboxylic acids is 1. The summed E-state index contributed by atoms with van der Waals surface area (Å²) in [5.74, 6) is -2.70. The van der Waals surface area contributed by atoms with Crippen LogP contribution in [0.3, 0.4) is 0 Å². The summed E-state index contributed by atoms with van der Waals surface area (Å²) in [5.41, 5.74) is 0.503. The second-order valence-corrected chi connectivity index (χ2v) is 3.47. The molecule has 0 saturated heterocycles. The molecular weight excluding hydrogens is 206 g/mol. The first-order valence-corrected chi connectivity index (χ1v) is 5.22. The molecule has 1 rings (SSSR count). The maximum absolute atomic E-state index is 11.7. The standard InChI is InChI=1S/C12H15NO3/c1-2-8-13-11(14)10(12(15)16)9-6-4-3-5-7-9/h3-7,10H,2,8H2,1H3,(H,13,14)(H,15,16). The van der Waals surface area contributed by atoms with Gasteiger partial charge in [0, 0.05) is 6.54 Å². The molecule has 2 N–H and O–H groups in total. The van der Waals surface area contributed by atoms with Gasteiger partial charge in [0.25, 0.3) is 0 Å². The highest BCUT2D eigenvalue weighted by atomic mass is 16.4. The number of hydrogen-bond acceptors (Lipinski definition) is 2. The SMILES string of the molecule is CCCNC(=O)C(C(=O)O)c1ccccc1. The Morgan fingerprint density at radius 3 is 2.44 bits per heavy atom. The summed E-state index contributed by atoms with van der Waals surface area (Å²) in [6.45, 7) is 2.41. The van der Waals surface area contributed by atoms with Crippen molar-refractivity contribution in [2.45, 2.75) is 19.3 Å². The molecule has 0 aliphatic rings. The number of carbonyl (C=O) groups is 2. The first-order chi connectivity index (χ1) is 7.66. The highest BCUT2D eigenvalue weighted by Gasteiger charge is 2.27. The molecule has 4 nitrogen and oxygen atoms in total. The maximum atomic E-state index is 11.7. The summed E-state index contributed by atoms with van der Waals surface area (Å²) in [4.78, 5) is 22.7. The van der Waals surface area contributed by atoms with E-state index in [0.29, 0.717) is 12.1 Å². The van der Waals surface area contributed by atoms with Gasteiger partial charge in [-0.25, -0.2) is 0 Å². The number of amides is 1. The van der Waals surface area contributed by atoms with Crippen molar-refractivity contribution >= 4 is 11.9 Å². The van der Waals surface area contributed by atoms with E-state index in [1.165, 1.54) is 0 Å². The Balaban J connectivity index is 2.84. The lowest BCUT2D eigenvalue weighted by atomic mass is 9.98. The van der Waals surface area contributed by atoms with Crippen LogP contribution in [0.15, 0.2) is 30.3 Å². The second-order valence-electron chi connectivity index (χ2n) is 3.47. The Bertz CT molecular complexity index is 362. The molecule has 0 spiro atoms. The molecule has 0 fully saturated rings. The van der Waals surface area contributed by atoms with Crippen LogP contribution in [0.1, 0.15) is 24.8 Å². The van der Waals surface area contributed by atoms with E-state index in [1.54, 1.807) is 30.3 Å². The zero-order valence-corrected chi connectivity index (χ0v) is 9.14. The van der Waals surface area contributed by atoms with E-state index >= 15 is 0 Å². The number of hydrogen-bond donors (Lipinski definition) is 2. The normalized spacial score (nSPS) is 11.8. The van der Waals surface area contributed by atoms with Gasteiger partial charge in [0.15, 0.2) is 5.92 Å². The van der Waals surface area contributed by atoms with Crippen LogP contribution < -0.4 is 5.32 Å². The molecule has 0 heterocycles. The van der Waals surface area contributed by atoms with Crippen molar-refractivity contribution < 1.29 is 14.7 Å². The van der Waals surface area contributed by atoms with Gasteiger partial charge in [0.2, 0.25) is 5.91 Å². The quantitative estimate of drug-likeness (QED) is 0.738. The number of carboxylic acid groups (broad SMARTS) is 1. The van der Waals surface area contributed by atoms with Crippen LogP contribution >= 0.6 is 0 Å². The molecule has 16 heavy (non-hydrogen) atoms. The van der Waals surface area contributed by atoms with Crippen LogP contribution in [0, 0.1) is 0 Å². The topological polar surface area (TPSA) is 66.4 Å². The minimum absolute atomic E-state index is 0.458. The summed E-state index contributed by atoms with van der Waals surface area (Å²) in [7, 11) is 0. The molecule has 1 aromatic carbocycles. The monoisotopic (exact) mass is 221 g/mol. The molecule has 0 aliphatic carbocycles. The van der Waals surface area contributed by atoms with Gasteiger partial charge in [-0.1, -0.05) is 37.3 Å². The predicted molar refractivity (Wildman–Crippen MR) is 60.1 cm³/mol. The summed E-state index contributed by atoms with van der Waals surface area (Å²) in [6.07, 6.45) is 0.785. The molecule has 0 aliphatic heterocycles. The molecular formula is C12H15NO3. The van der Waals surface area contributed by atoms with Crippen molar-refractivity contribution in [1.82, 2.24) is 5.32 Å². The van der Waals surface area contributed by atoms with Crippen molar-refractivity contribution in [3.8, 4) is 0 Å². The third-order valence-corrected chi connectivity index (χ3v) is 2.19. The molecule has 4 heteroatoms. The number of carbonyl (C=O) groups excluding carboxylic acids is 1. The van der Waals surface area contributed by atoms with Crippen molar-refractivity contribution in [1.29, 1.82) is 0 Å². The molecule has 1 amide bonds. The second kappa shape index (κ2) is 5.90. The fourth-order valence-electron chi connectivity index (χ4n) is 1.40. The Morgan fingerprint density at radius 2 is 1.94 bits per heavy atom. The smallest absolute Gasteiger partial charge is 0.320 e. The highest BCUT2D eigenvalue weighted by Crippen LogP contribution is 2.15. The molecule has 86 valence electrons. The summed E-state index contributed by atoms with van der Waals surface area (Å²) >= 11 is 0. The lowest BCUT2D eigenvalue weighted by Crippen LogP contribution is -2.34. The van der Waals surface area contributed by atoms with Crippen molar-refractivity contribution in [3.63, 3.8) is 0 Å². The predicted octanol–water partition coefficient (Wildman–Crippen LogP) is 1.38. The fraction of sp³-hybridized carbons (Fsp3) is 0.333. The molecule has 0 radical (unpaired) electrons. The minimum Gasteiger partial charge on any atom is -0.480 e. The van der Waals surface area contributed by atoms with E-state index in [0.717, 1.165) is 6.42 Å². The lowest BCUT2D eigenvalue weighted by molar-refractivity contribution is -0.143. The average molecular weight is 221 g/mol. The maximum Gasteiger partial charge on any atom is 0.320 e. The van der Waals surface area contributed by atoms with Gasteiger partial charge in [-0.05, 0) is 12.0 Å². The summed E-state index contributed by atoms with van der Waals surface area (Å²) < 4.78 is 0. The van der Waals surface area contributed by atoms with E-state index in [4.69, 9.17) is 5.11 Å². The average Bonchev–Trinajstić information content (AvgIpc) is 2.27. The van der Waals surface area contributed by atoms with Crippen LogP contribution in [-0.2, 0) is 9.59 Å². The third kappa shape index (κ3) is 3.08. The van der Waals surface area contributed by atoms with Gasteiger partial charge < -0.3 is 10.4 Å². The van der Waals surface area contributed by atoms with Gasteiger partial charge in [-0.2, -0.15) is 0 Å². The Morgan fingerprint density at radius 1 is 1.31 bits per heavy atom.